The molecule has 0 heterocycles. The SMILES string of the molecule is CC(C(=O)CNC(=O)C(COCc1ccccc1)NC(=O)OC(C)(C)C)C(=O)OCc1ccccc1.CC(C)C. The van der Waals surface area contributed by atoms with Crippen LogP contribution in [0.25, 0.3) is 0 Å². The van der Waals surface area contributed by atoms with Gasteiger partial charge in [0.1, 0.15) is 24.2 Å². The fourth-order valence-corrected chi connectivity index (χ4v) is 2.94. The van der Waals surface area contributed by atoms with Gasteiger partial charge in [-0.2, -0.15) is 0 Å². The number of nitrogens with one attached hydrogen (secondary N) is 2. The van der Waals surface area contributed by atoms with Gasteiger partial charge >= 0.3 is 12.1 Å². The van der Waals surface area contributed by atoms with Crippen LogP contribution in [0, 0.1) is 11.8 Å². The lowest BCUT2D eigenvalue weighted by atomic mass is 10.1. The Morgan fingerprint density at radius 1 is 0.800 bits per heavy atom. The number of carbonyl (C=O) groups excluding carboxylic acids is 4. The Hall–Kier alpha value is -3.72. The Labute approximate surface area is 238 Å². The Balaban J connectivity index is 0.00000187. The minimum atomic E-state index is -1.11. The summed E-state index contributed by atoms with van der Waals surface area (Å²) in [5.74, 6) is -2.09. The molecule has 9 nitrogen and oxygen atoms in total. The third-order valence-corrected chi connectivity index (χ3v) is 4.90. The molecule has 0 aliphatic heterocycles. The van der Waals surface area contributed by atoms with E-state index in [1.54, 1.807) is 32.9 Å². The van der Waals surface area contributed by atoms with Gasteiger partial charge in [0.25, 0.3) is 0 Å². The monoisotopic (exact) mass is 556 g/mol. The lowest BCUT2D eigenvalue weighted by Crippen LogP contribution is -2.51. The van der Waals surface area contributed by atoms with Crippen molar-refractivity contribution in [3.63, 3.8) is 0 Å². The van der Waals surface area contributed by atoms with E-state index in [2.05, 4.69) is 31.4 Å². The summed E-state index contributed by atoms with van der Waals surface area (Å²) in [6.45, 7) is 12.7. The minimum Gasteiger partial charge on any atom is -0.460 e. The molecule has 0 saturated heterocycles. The van der Waals surface area contributed by atoms with Crippen molar-refractivity contribution in [2.75, 3.05) is 13.2 Å². The summed E-state index contributed by atoms with van der Waals surface area (Å²) >= 11 is 0. The Morgan fingerprint density at radius 2 is 1.30 bits per heavy atom. The van der Waals surface area contributed by atoms with Gasteiger partial charge in [0.2, 0.25) is 5.91 Å². The van der Waals surface area contributed by atoms with Gasteiger partial charge in [0.15, 0.2) is 5.78 Å². The summed E-state index contributed by atoms with van der Waals surface area (Å²) in [5.41, 5.74) is 0.930. The predicted molar refractivity (Wildman–Crippen MR) is 153 cm³/mol. The third kappa shape index (κ3) is 15.6. The molecular weight excluding hydrogens is 512 g/mol. The first-order valence-electron chi connectivity index (χ1n) is 13.4. The molecule has 9 heteroatoms. The summed E-state index contributed by atoms with van der Waals surface area (Å²) in [7, 11) is 0. The van der Waals surface area contributed by atoms with Crippen molar-refractivity contribution in [2.45, 2.75) is 73.3 Å². The van der Waals surface area contributed by atoms with E-state index in [-0.39, 0.29) is 19.8 Å². The van der Waals surface area contributed by atoms with Gasteiger partial charge in [0.05, 0.1) is 19.8 Å². The van der Waals surface area contributed by atoms with Gasteiger partial charge in [-0.05, 0) is 44.7 Å². The third-order valence-electron chi connectivity index (χ3n) is 4.90. The number of esters is 1. The second kappa shape index (κ2) is 17.8. The second-order valence-corrected chi connectivity index (χ2v) is 10.9. The van der Waals surface area contributed by atoms with Gasteiger partial charge in [-0.25, -0.2) is 4.79 Å². The number of amides is 2. The second-order valence-electron chi connectivity index (χ2n) is 10.9. The van der Waals surface area contributed by atoms with Crippen LogP contribution in [-0.2, 0) is 41.8 Å². The lowest BCUT2D eigenvalue weighted by Gasteiger charge is -2.23. The largest absolute Gasteiger partial charge is 0.460 e. The zero-order chi connectivity index (χ0) is 30.1. The molecule has 0 spiro atoms. The molecule has 0 bridgehead atoms. The normalized spacial score (nSPS) is 12.3. The van der Waals surface area contributed by atoms with Crippen molar-refractivity contribution in [1.82, 2.24) is 10.6 Å². The molecule has 2 atom stereocenters. The van der Waals surface area contributed by atoms with Crippen molar-refractivity contribution in [2.24, 2.45) is 11.8 Å². The number of rotatable bonds is 12. The van der Waals surface area contributed by atoms with Gasteiger partial charge in [-0.3, -0.25) is 14.4 Å². The van der Waals surface area contributed by atoms with E-state index in [0.29, 0.717) is 0 Å². The van der Waals surface area contributed by atoms with Gasteiger partial charge in [-0.1, -0.05) is 81.4 Å². The standard InChI is InChI=1S/C27H34N2O7.C4H10/c1-19(25(32)35-17-21-13-9-6-10-14-21)23(30)15-28-24(31)22(29-26(33)36-27(2,3)4)18-34-16-20-11-7-5-8-12-20;1-4(2)3/h5-14,19,22H,15-18H2,1-4H3,(H,28,31)(H,29,33);4H,1-3H3. The first kappa shape index (κ1) is 34.3. The molecule has 2 unspecified atom stereocenters. The van der Waals surface area contributed by atoms with Crippen LogP contribution in [-0.4, -0.2) is 48.5 Å². The van der Waals surface area contributed by atoms with Crippen LogP contribution in [0.1, 0.15) is 59.6 Å². The molecule has 2 N–H and O–H groups in total. The molecule has 2 amide bonds. The minimum absolute atomic E-state index is 0.0459. The predicted octanol–water partition coefficient (Wildman–Crippen LogP) is 4.82. The molecule has 2 aromatic carbocycles. The number of alkyl carbamates (subject to hydrolysis) is 1. The van der Waals surface area contributed by atoms with E-state index in [4.69, 9.17) is 14.2 Å². The van der Waals surface area contributed by atoms with Crippen LogP contribution >= 0.6 is 0 Å². The molecule has 0 aliphatic carbocycles. The zero-order valence-electron chi connectivity index (χ0n) is 24.7. The first-order valence-corrected chi connectivity index (χ1v) is 13.4. The number of hydrogen-bond donors (Lipinski definition) is 2. The van der Waals surface area contributed by atoms with E-state index >= 15 is 0 Å². The topological polar surface area (TPSA) is 120 Å². The molecule has 0 saturated carbocycles. The summed E-state index contributed by atoms with van der Waals surface area (Å²) in [4.78, 5) is 49.7. The number of Topliss-reactive ketones (excluding diaryl/α,β-unsaturated/α-hetero) is 1. The number of ketones is 1. The van der Waals surface area contributed by atoms with Crippen molar-refractivity contribution >= 4 is 23.8 Å². The average molecular weight is 557 g/mol. The summed E-state index contributed by atoms with van der Waals surface area (Å²) < 4.78 is 16.0. The molecule has 2 aromatic rings. The van der Waals surface area contributed by atoms with Crippen molar-refractivity contribution in [3.8, 4) is 0 Å². The summed E-state index contributed by atoms with van der Waals surface area (Å²) in [5, 5.41) is 4.94. The van der Waals surface area contributed by atoms with Gasteiger partial charge in [-0.15, -0.1) is 0 Å². The highest BCUT2D eigenvalue weighted by Gasteiger charge is 2.27. The maximum Gasteiger partial charge on any atom is 0.408 e. The number of carbonyl (C=O) groups is 4. The molecule has 40 heavy (non-hydrogen) atoms. The van der Waals surface area contributed by atoms with Crippen molar-refractivity contribution < 1.29 is 33.4 Å². The van der Waals surface area contributed by atoms with E-state index in [1.807, 2.05) is 48.5 Å². The highest BCUT2D eigenvalue weighted by molar-refractivity contribution is 6.01. The van der Waals surface area contributed by atoms with Gasteiger partial charge in [0, 0.05) is 0 Å². The lowest BCUT2D eigenvalue weighted by molar-refractivity contribution is -0.152. The molecular formula is C31H44N2O7. The maximum atomic E-state index is 12.8. The Kier molecular flexibility index (Phi) is 15.3. The number of hydrogen-bond acceptors (Lipinski definition) is 7. The molecule has 0 radical (unpaired) electrons. The molecule has 0 aromatic heterocycles. The number of benzene rings is 2. The Bertz CT molecular complexity index is 1050. The summed E-state index contributed by atoms with van der Waals surface area (Å²) in [6, 6.07) is 17.3. The van der Waals surface area contributed by atoms with Crippen LogP contribution in [0.15, 0.2) is 60.7 Å². The molecule has 0 fully saturated rings. The maximum absolute atomic E-state index is 12.8. The van der Waals surface area contributed by atoms with Crippen molar-refractivity contribution in [1.29, 1.82) is 0 Å². The van der Waals surface area contributed by atoms with Crippen LogP contribution in [0.3, 0.4) is 0 Å². The summed E-state index contributed by atoms with van der Waals surface area (Å²) in [6.07, 6.45) is -0.796. The van der Waals surface area contributed by atoms with E-state index in [9.17, 15) is 19.2 Å². The van der Waals surface area contributed by atoms with E-state index in [1.165, 1.54) is 6.92 Å². The van der Waals surface area contributed by atoms with Crippen molar-refractivity contribution in [3.05, 3.63) is 71.8 Å². The average Bonchev–Trinajstić information content (AvgIpc) is 2.89. The fourth-order valence-electron chi connectivity index (χ4n) is 2.94. The van der Waals surface area contributed by atoms with Crippen LogP contribution < -0.4 is 10.6 Å². The highest BCUT2D eigenvalue weighted by atomic mass is 16.6. The molecule has 2 rings (SSSR count). The van der Waals surface area contributed by atoms with E-state index in [0.717, 1.165) is 17.0 Å². The van der Waals surface area contributed by atoms with Crippen LogP contribution in [0.2, 0.25) is 0 Å². The Morgan fingerprint density at radius 3 is 1.80 bits per heavy atom. The number of ether oxygens (including phenoxy) is 3. The van der Waals surface area contributed by atoms with E-state index < -0.39 is 47.9 Å². The zero-order valence-corrected chi connectivity index (χ0v) is 24.7. The van der Waals surface area contributed by atoms with Gasteiger partial charge < -0.3 is 24.8 Å². The van der Waals surface area contributed by atoms with Crippen LogP contribution in [0.5, 0.6) is 0 Å². The molecule has 0 aliphatic rings. The highest BCUT2D eigenvalue weighted by Crippen LogP contribution is 2.08. The smallest absolute Gasteiger partial charge is 0.408 e. The van der Waals surface area contributed by atoms with Crippen LogP contribution in [0.4, 0.5) is 4.79 Å². The quantitative estimate of drug-likeness (QED) is 0.284. The fraction of sp³-hybridized carbons (Fsp3) is 0.484. The molecule has 220 valence electrons. The first-order chi connectivity index (χ1) is 18.8.